The van der Waals surface area contributed by atoms with Crippen LogP contribution in [-0.2, 0) is 6.54 Å². The third-order valence-electron chi connectivity index (χ3n) is 6.55. The third-order valence-corrected chi connectivity index (χ3v) is 6.55. The maximum Gasteiger partial charge on any atom is 0.269 e. The van der Waals surface area contributed by atoms with E-state index in [0.29, 0.717) is 29.8 Å². The van der Waals surface area contributed by atoms with E-state index < -0.39 is 5.82 Å². The zero-order chi connectivity index (χ0) is 22.6. The number of pyridine rings is 1. The molecule has 3 aromatic rings. The molecule has 5 rings (SSSR count). The van der Waals surface area contributed by atoms with Crippen LogP contribution in [-0.4, -0.2) is 58.0 Å². The normalized spacial score (nSPS) is 20.3. The van der Waals surface area contributed by atoms with E-state index in [-0.39, 0.29) is 22.7 Å². The van der Waals surface area contributed by atoms with Gasteiger partial charge in [-0.1, -0.05) is 0 Å². The van der Waals surface area contributed by atoms with Gasteiger partial charge in [-0.05, 0) is 50.1 Å². The molecule has 0 aliphatic carbocycles. The Labute approximate surface area is 184 Å². The molecule has 1 amide bonds. The number of aromatic amines is 1. The lowest BCUT2D eigenvalue weighted by Crippen LogP contribution is -2.46. The fraction of sp³-hybridized carbons (Fsp3) is 0.391. The van der Waals surface area contributed by atoms with Crippen molar-refractivity contribution in [3.63, 3.8) is 0 Å². The van der Waals surface area contributed by atoms with Crippen molar-refractivity contribution in [2.24, 2.45) is 0 Å². The average Bonchev–Trinajstić information content (AvgIpc) is 3.35. The van der Waals surface area contributed by atoms with Gasteiger partial charge in [0.05, 0.1) is 16.9 Å². The van der Waals surface area contributed by atoms with Gasteiger partial charge in [-0.2, -0.15) is 0 Å². The molecular weight excluding hydrogens is 411 g/mol. The smallest absolute Gasteiger partial charge is 0.269 e. The standard InChI is InChI=1S/C23H25FN6O2/c1-12-20(5-4-18(26-12)23(32)25-3)30-11-15-8-16(30)10-29(15)9-14-6-17(24)21-19(7-14)28-22(31)13(2)27-21/h4-7,15-16H,8-11H2,1-3H3,(H,25,32)(H,28,31)/t15-,16-/m0/s1. The number of carbonyl (C=O) groups excluding carboxylic acids is 1. The molecule has 166 valence electrons. The second kappa shape index (κ2) is 7.67. The molecule has 0 radical (unpaired) electrons. The highest BCUT2D eigenvalue weighted by Gasteiger charge is 2.43. The first-order chi connectivity index (χ1) is 15.3. The highest BCUT2D eigenvalue weighted by atomic mass is 19.1. The summed E-state index contributed by atoms with van der Waals surface area (Å²) in [6, 6.07) is 7.78. The number of benzene rings is 1. The van der Waals surface area contributed by atoms with E-state index in [9.17, 15) is 14.0 Å². The van der Waals surface area contributed by atoms with Crippen molar-refractivity contribution >= 4 is 22.6 Å². The Morgan fingerprint density at radius 3 is 2.69 bits per heavy atom. The molecule has 2 aliphatic heterocycles. The lowest BCUT2D eigenvalue weighted by atomic mass is 10.1. The molecular formula is C23H25FN6O2. The Morgan fingerprint density at radius 1 is 1.19 bits per heavy atom. The van der Waals surface area contributed by atoms with Crippen molar-refractivity contribution in [1.82, 2.24) is 25.2 Å². The van der Waals surface area contributed by atoms with Crippen molar-refractivity contribution in [2.45, 2.75) is 38.9 Å². The second-order valence-electron chi connectivity index (χ2n) is 8.63. The van der Waals surface area contributed by atoms with Crippen molar-refractivity contribution in [2.75, 3.05) is 25.0 Å². The lowest BCUT2D eigenvalue weighted by molar-refractivity contribution is 0.0958. The zero-order valence-electron chi connectivity index (χ0n) is 18.3. The molecule has 0 saturated carbocycles. The van der Waals surface area contributed by atoms with Crippen molar-refractivity contribution in [1.29, 1.82) is 0 Å². The SMILES string of the molecule is CNC(=O)c1ccc(N2C[C@@H]3C[C@H]2CN3Cc2cc(F)c3nc(C)c(=O)[nH]c3c2)c(C)n1. The van der Waals surface area contributed by atoms with Crippen LogP contribution in [0.25, 0.3) is 11.0 Å². The summed E-state index contributed by atoms with van der Waals surface area (Å²) >= 11 is 0. The van der Waals surface area contributed by atoms with Gasteiger partial charge in [-0.25, -0.2) is 14.4 Å². The van der Waals surface area contributed by atoms with Crippen LogP contribution in [0.5, 0.6) is 0 Å². The van der Waals surface area contributed by atoms with Crippen molar-refractivity contribution in [3.8, 4) is 0 Å². The maximum atomic E-state index is 14.6. The predicted molar refractivity (Wildman–Crippen MR) is 119 cm³/mol. The van der Waals surface area contributed by atoms with Gasteiger partial charge in [0.2, 0.25) is 0 Å². The minimum absolute atomic E-state index is 0.192. The Hall–Kier alpha value is -3.33. The number of aryl methyl sites for hydroxylation is 2. The number of hydrogen-bond donors (Lipinski definition) is 2. The summed E-state index contributed by atoms with van der Waals surface area (Å²) in [4.78, 5) is 39.7. The van der Waals surface area contributed by atoms with Crippen LogP contribution in [0.1, 0.15) is 33.9 Å². The van der Waals surface area contributed by atoms with Crippen LogP contribution in [0.4, 0.5) is 10.1 Å². The minimum atomic E-state index is -0.416. The van der Waals surface area contributed by atoms with Gasteiger partial charge in [-0.15, -0.1) is 0 Å². The molecule has 2 fully saturated rings. The number of nitrogens with zero attached hydrogens (tertiary/aromatic N) is 4. The molecule has 2 atom stereocenters. The molecule has 2 aliphatic rings. The molecule has 1 aromatic carbocycles. The van der Waals surface area contributed by atoms with Crippen LogP contribution in [0.15, 0.2) is 29.1 Å². The van der Waals surface area contributed by atoms with E-state index >= 15 is 0 Å². The summed E-state index contributed by atoms with van der Waals surface area (Å²) in [6.07, 6.45) is 1.03. The molecule has 2 bridgehead atoms. The first-order valence-electron chi connectivity index (χ1n) is 10.7. The fourth-order valence-corrected chi connectivity index (χ4v) is 4.97. The number of carbonyl (C=O) groups is 1. The third kappa shape index (κ3) is 3.42. The Balaban J connectivity index is 1.33. The molecule has 0 spiro atoms. The Bertz CT molecular complexity index is 1290. The number of nitrogens with one attached hydrogen (secondary N) is 2. The quantitative estimate of drug-likeness (QED) is 0.649. The number of H-pyrrole nitrogens is 1. The summed E-state index contributed by atoms with van der Waals surface area (Å²) < 4.78 is 14.6. The number of piperazine rings is 1. The first kappa shape index (κ1) is 20.6. The highest BCUT2D eigenvalue weighted by molar-refractivity contribution is 5.92. The largest absolute Gasteiger partial charge is 0.364 e. The number of amides is 1. The molecule has 32 heavy (non-hydrogen) atoms. The van der Waals surface area contributed by atoms with Gasteiger partial charge in [0, 0.05) is 38.8 Å². The van der Waals surface area contributed by atoms with Gasteiger partial charge in [0.25, 0.3) is 11.5 Å². The van der Waals surface area contributed by atoms with E-state index in [2.05, 4.69) is 30.1 Å². The fourth-order valence-electron chi connectivity index (χ4n) is 4.97. The van der Waals surface area contributed by atoms with Crippen LogP contribution >= 0.6 is 0 Å². The van der Waals surface area contributed by atoms with E-state index in [4.69, 9.17) is 0 Å². The molecule has 0 unspecified atom stereocenters. The van der Waals surface area contributed by atoms with Crippen LogP contribution in [0.2, 0.25) is 0 Å². The van der Waals surface area contributed by atoms with E-state index in [1.54, 1.807) is 20.0 Å². The van der Waals surface area contributed by atoms with E-state index in [0.717, 1.165) is 36.5 Å². The van der Waals surface area contributed by atoms with Crippen molar-refractivity contribution < 1.29 is 9.18 Å². The topological polar surface area (TPSA) is 94.2 Å². The zero-order valence-corrected chi connectivity index (χ0v) is 18.3. The molecule has 2 N–H and O–H groups in total. The predicted octanol–water partition coefficient (Wildman–Crippen LogP) is 1.90. The van der Waals surface area contributed by atoms with Gasteiger partial charge in [0.15, 0.2) is 5.82 Å². The van der Waals surface area contributed by atoms with Gasteiger partial charge in [0.1, 0.15) is 16.9 Å². The van der Waals surface area contributed by atoms with Crippen LogP contribution < -0.4 is 15.8 Å². The number of likely N-dealkylation sites (tertiary alicyclic amines) is 1. The second-order valence-corrected chi connectivity index (χ2v) is 8.63. The first-order valence-corrected chi connectivity index (χ1v) is 10.7. The minimum Gasteiger partial charge on any atom is -0.364 e. The number of halogens is 1. The van der Waals surface area contributed by atoms with E-state index in [1.807, 2.05) is 19.1 Å². The molecule has 2 aromatic heterocycles. The number of fused-ring (bicyclic) bond motifs is 3. The number of anilines is 1. The summed E-state index contributed by atoms with van der Waals surface area (Å²) in [7, 11) is 1.60. The molecule has 9 heteroatoms. The average molecular weight is 436 g/mol. The van der Waals surface area contributed by atoms with E-state index in [1.165, 1.54) is 6.07 Å². The molecule has 2 saturated heterocycles. The molecule has 8 nitrogen and oxygen atoms in total. The Morgan fingerprint density at radius 2 is 2.00 bits per heavy atom. The summed E-state index contributed by atoms with van der Waals surface area (Å²) in [5.74, 6) is -0.608. The Kier molecular flexibility index (Phi) is 4.93. The number of rotatable bonds is 4. The van der Waals surface area contributed by atoms with Gasteiger partial charge >= 0.3 is 0 Å². The number of aromatic nitrogens is 3. The monoisotopic (exact) mass is 436 g/mol. The summed E-state index contributed by atoms with van der Waals surface area (Å²) in [5.41, 5.74) is 3.73. The van der Waals surface area contributed by atoms with Crippen LogP contribution in [0, 0.1) is 19.7 Å². The van der Waals surface area contributed by atoms with Gasteiger partial charge in [-0.3, -0.25) is 14.5 Å². The number of hydrogen-bond acceptors (Lipinski definition) is 6. The molecule has 4 heterocycles. The summed E-state index contributed by atoms with van der Waals surface area (Å²) in [6.45, 7) is 5.84. The van der Waals surface area contributed by atoms with Crippen molar-refractivity contribution in [3.05, 3.63) is 63.1 Å². The van der Waals surface area contributed by atoms with Gasteiger partial charge < -0.3 is 15.2 Å². The highest BCUT2D eigenvalue weighted by Crippen LogP contribution is 2.36. The lowest BCUT2D eigenvalue weighted by Gasteiger charge is -2.36. The van der Waals surface area contributed by atoms with Crippen LogP contribution in [0.3, 0.4) is 0 Å². The summed E-state index contributed by atoms with van der Waals surface area (Å²) in [5, 5.41) is 2.60. The maximum absolute atomic E-state index is 14.6.